The van der Waals surface area contributed by atoms with Crippen molar-refractivity contribution in [3.05, 3.63) is 89.4 Å². The minimum atomic E-state index is -0.487. The molecule has 1 amide bonds. The number of nitrogens with one attached hydrogen (secondary N) is 1. The summed E-state index contributed by atoms with van der Waals surface area (Å²) in [5, 5.41) is 17.7. The van der Waals surface area contributed by atoms with Gasteiger partial charge < -0.3 is 10.4 Å². The summed E-state index contributed by atoms with van der Waals surface area (Å²) >= 11 is 0. The lowest BCUT2D eigenvalue weighted by Crippen LogP contribution is -2.45. The number of nitrogens with zero attached hydrogens (tertiary/aromatic N) is 3. The molecule has 0 unspecified atom stereocenters. The fourth-order valence-corrected chi connectivity index (χ4v) is 4.59. The average molecular weight is 441 g/mol. The molecule has 2 atom stereocenters. The van der Waals surface area contributed by atoms with Gasteiger partial charge >= 0.3 is 0 Å². The highest BCUT2D eigenvalue weighted by molar-refractivity contribution is 5.93. The molecule has 5 rings (SSSR count). The first-order valence-electron chi connectivity index (χ1n) is 11.6. The van der Waals surface area contributed by atoms with Crippen LogP contribution in [0.15, 0.2) is 66.9 Å². The van der Waals surface area contributed by atoms with Crippen LogP contribution in [0.4, 0.5) is 0 Å². The highest BCUT2D eigenvalue weighted by Crippen LogP contribution is 2.22. The Kier molecular flexibility index (Phi) is 5.92. The van der Waals surface area contributed by atoms with E-state index in [1.54, 1.807) is 4.52 Å². The second kappa shape index (κ2) is 9.16. The molecule has 0 radical (unpaired) electrons. The number of aliphatic hydroxyl groups is 1. The molecule has 1 aliphatic rings. The van der Waals surface area contributed by atoms with Crippen molar-refractivity contribution in [3.63, 3.8) is 0 Å². The van der Waals surface area contributed by atoms with Gasteiger partial charge in [0.15, 0.2) is 0 Å². The quantitative estimate of drug-likeness (QED) is 0.484. The predicted octanol–water partition coefficient (Wildman–Crippen LogP) is 4.33. The molecule has 1 aromatic carbocycles. The SMILES string of the molecule is Cc1cccc(-c2ccc(Cc3cc(C(=O)N[C@@H]4CCCC[C@H]4O)nn4cccc34)cc2)n1. The first-order valence-corrected chi connectivity index (χ1v) is 11.6. The number of rotatable bonds is 5. The fraction of sp³-hybridized carbons (Fsp3) is 0.296. The van der Waals surface area contributed by atoms with E-state index in [1.165, 1.54) is 0 Å². The smallest absolute Gasteiger partial charge is 0.272 e. The molecule has 0 aliphatic heterocycles. The standard InChI is InChI=1S/C27H28N4O2/c1-18-6-4-8-22(28-18)20-13-11-19(12-14-20)16-21-17-24(30-31-15-5-9-25(21)31)27(33)29-23-7-2-3-10-26(23)32/h4-6,8-9,11-15,17,23,26,32H,2-3,7,10,16H2,1H3,(H,29,33)/t23-,26-/m1/s1. The van der Waals surface area contributed by atoms with Gasteiger partial charge in [-0.25, -0.2) is 4.52 Å². The minimum Gasteiger partial charge on any atom is -0.391 e. The van der Waals surface area contributed by atoms with Crippen molar-refractivity contribution in [1.82, 2.24) is 19.9 Å². The van der Waals surface area contributed by atoms with Gasteiger partial charge in [0.05, 0.1) is 23.4 Å². The lowest BCUT2D eigenvalue weighted by atomic mass is 9.92. The summed E-state index contributed by atoms with van der Waals surface area (Å²) in [5.74, 6) is -0.237. The van der Waals surface area contributed by atoms with Crippen LogP contribution in [0, 0.1) is 6.92 Å². The zero-order valence-corrected chi connectivity index (χ0v) is 18.7. The second-order valence-electron chi connectivity index (χ2n) is 8.86. The molecule has 6 nitrogen and oxygen atoms in total. The van der Waals surface area contributed by atoms with Crippen LogP contribution in [0.3, 0.4) is 0 Å². The molecule has 1 aliphatic carbocycles. The van der Waals surface area contributed by atoms with E-state index in [9.17, 15) is 9.90 Å². The first kappa shape index (κ1) is 21.3. The normalized spacial score (nSPS) is 18.4. The second-order valence-corrected chi connectivity index (χ2v) is 8.86. The summed E-state index contributed by atoms with van der Waals surface area (Å²) in [6.45, 7) is 1.99. The van der Waals surface area contributed by atoms with Crippen molar-refractivity contribution in [2.75, 3.05) is 0 Å². The van der Waals surface area contributed by atoms with Crippen molar-refractivity contribution in [3.8, 4) is 11.3 Å². The molecule has 4 aromatic rings. The van der Waals surface area contributed by atoms with Crippen LogP contribution < -0.4 is 5.32 Å². The van der Waals surface area contributed by atoms with E-state index in [-0.39, 0.29) is 11.9 Å². The van der Waals surface area contributed by atoms with Gasteiger partial charge in [-0.2, -0.15) is 5.10 Å². The van der Waals surface area contributed by atoms with Crippen LogP contribution in [0.25, 0.3) is 16.8 Å². The molecule has 6 heteroatoms. The topological polar surface area (TPSA) is 79.5 Å². The number of aliphatic hydroxyl groups excluding tert-OH is 1. The lowest BCUT2D eigenvalue weighted by molar-refractivity contribution is 0.0713. The number of carbonyl (C=O) groups is 1. The van der Waals surface area contributed by atoms with E-state index >= 15 is 0 Å². The highest BCUT2D eigenvalue weighted by Gasteiger charge is 2.25. The van der Waals surface area contributed by atoms with Crippen LogP contribution >= 0.6 is 0 Å². The van der Waals surface area contributed by atoms with Gasteiger partial charge in [0.2, 0.25) is 0 Å². The van der Waals surface area contributed by atoms with E-state index in [0.29, 0.717) is 12.1 Å². The van der Waals surface area contributed by atoms with Crippen molar-refractivity contribution >= 4 is 11.4 Å². The molecule has 0 spiro atoms. The molecule has 3 aromatic heterocycles. The third-order valence-corrected chi connectivity index (χ3v) is 6.39. The molecule has 0 bridgehead atoms. The van der Waals surface area contributed by atoms with E-state index in [2.05, 4.69) is 39.7 Å². The number of hydrogen-bond donors (Lipinski definition) is 2. The number of aryl methyl sites for hydroxylation is 1. The maximum atomic E-state index is 13.0. The van der Waals surface area contributed by atoms with Crippen LogP contribution in [0.1, 0.15) is 53.0 Å². The molecule has 168 valence electrons. The molecule has 1 fully saturated rings. The number of hydrogen-bond acceptors (Lipinski definition) is 4. The number of pyridine rings is 1. The largest absolute Gasteiger partial charge is 0.391 e. The summed E-state index contributed by atoms with van der Waals surface area (Å²) in [5.41, 5.74) is 6.57. The Morgan fingerprint density at radius 3 is 2.70 bits per heavy atom. The van der Waals surface area contributed by atoms with Crippen molar-refractivity contribution < 1.29 is 9.90 Å². The van der Waals surface area contributed by atoms with Crippen molar-refractivity contribution in [2.24, 2.45) is 0 Å². The number of fused-ring (bicyclic) bond motifs is 1. The maximum absolute atomic E-state index is 13.0. The Morgan fingerprint density at radius 2 is 1.91 bits per heavy atom. The van der Waals surface area contributed by atoms with Crippen molar-refractivity contribution in [1.29, 1.82) is 0 Å². The van der Waals surface area contributed by atoms with Crippen LogP contribution in [0.5, 0.6) is 0 Å². The zero-order valence-electron chi connectivity index (χ0n) is 18.7. The van der Waals surface area contributed by atoms with Gasteiger partial charge in [0, 0.05) is 17.5 Å². The summed E-state index contributed by atoms with van der Waals surface area (Å²) in [6, 6.07) is 20.0. The van der Waals surface area contributed by atoms with Gasteiger partial charge in [0.1, 0.15) is 5.69 Å². The molecule has 2 N–H and O–H groups in total. The Balaban J connectivity index is 1.39. The first-order chi connectivity index (χ1) is 16.1. The summed E-state index contributed by atoms with van der Waals surface area (Å²) < 4.78 is 1.76. The van der Waals surface area contributed by atoms with Gasteiger partial charge in [-0.1, -0.05) is 43.2 Å². The van der Waals surface area contributed by atoms with E-state index in [4.69, 9.17) is 0 Å². The third kappa shape index (κ3) is 4.66. The summed E-state index contributed by atoms with van der Waals surface area (Å²) in [4.78, 5) is 17.6. The summed E-state index contributed by atoms with van der Waals surface area (Å²) in [7, 11) is 0. The molecular weight excluding hydrogens is 412 g/mol. The Labute approximate surface area is 193 Å². The summed E-state index contributed by atoms with van der Waals surface area (Å²) in [6.07, 6.45) is 5.61. The van der Waals surface area contributed by atoms with Gasteiger partial charge in [-0.05, 0) is 67.6 Å². The Morgan fingerprint density at radius 1 is 1.09 bits per heavy atom. The fourth-order valence-electron chi connectivity index (χ4n) is 4.59. The molecule has 0 saturated heterocycles. The highest BCUT2D eigenvalue weighted by atomic mass is 16.3. The van der Waals surface area contributed by atoms with Crippen LogP contribution in [-0.2, 0) is 6.42 Å². The Hall–Kier alpha value is -3.51. The monoisotopic (exact) mass is 440 g/mol. The van der Waals surface area contributed by atoms with Crippen LogP contribution in [-0.4, -0.2) is 37.8 Å². The maximum Gasteiger partial charge on any atom is 0.272 e. The van der Waals surface area contributed by atoms with Gasteiger partial charge in [-0.15, -0.1) is 0 Å². The van der Waals surface area contributed by atoms with Crippen LogP contribution in [0.2, 0.25) is 0 Å². The molecule has 33 heavy (non-hydrogen) atoms. The third-order valence-electron chi connectivity index (χ3n) is 6.39. The van der Waals surface area contributed by atoms with Gasteiger partial charge in [0.25, 0.3) is 5.91 Å². The molecule has 1 saturated carbocycles. The predicted molar refractivity (Wildman–Crippen MR) is 128 cm³/mol. The average Bonchev–Trinajstić information content (AvgIpc) is 3.30. The number of amides is 1. The minimum absolute atomic E-state index is 0.209. The number of benzene rings is 1. The van der Waals surface area contributed by atoms with Gasteiger partial charge in [-0.3, -0.25) is 9.78 Å². The Bertz CT molecular complexity index is 1280. The number of carbonyl (C=O) groups excluding carboxylic acids is 1. The van der Waals surface area contributed by atoms with E-state index in [1.807, 2.05) is 49.5 Å². The molecule has 3 heterocycles. The van der Waals surface area contributed by atoms with E-state index in [0.717, 1.165) is 59.3 Å². The molecular formula is C27H28N4O2. The zero-order chi connectivity index (χ0) is 22.8. The lowest BCUT2D eigenvalue weighted by Gasteiger charge is -2.28. The van der Waals surface area contributed by atoms with E-state index < -0.39 is 6.10 Å². The number of aromatic nitrogens is 3. The van der Waals surface area contributed by atoms with Crippen molar-refractivity contribution in [2.45, 2.75) is 51.2 Å².